The van der Waals surface area contributed by atoms with E-state index >= 15 is 0 Å². The van der Waals surface area contributed by atoms with Gasteiger partial charge in [-0.2, -0.15) is 5.10 Å². The van der Waals surface area contributed by atoms with Crippen LogP contribution in [0.1, 0.15) is 50.7 Å². The van der Waals surface area contributed by atoms with E-state index < -0.39 is 0 Å². The molecule has 0 saturated heterocycles. The molecule has 1 saturated carbocycles. The van der Waals surface area contributed by atoms with Gasteiger partial charge in [-0.05, 0) is 68.0 Å². The molecule has 0 unspecified atom stereocenters. The fourth-order valence-corrected chi connectivity index (χ4v) is 4.19. The predicted molar refractivity (Wildman–Crippen MR) is 125 cm³/mol. The number of H-pyrrole nitrogens is 1. The summed E-state index contributed by atoms with van der Waals surface area (Å²) in [6, 6.07) is 4.46. The monoisotopic (exact) mass is 420 g/mol. The van der Waals surface area contributed by atoms with Crippen LogP contribution in [0.25, 0.3) is 16.5 Å². The Morgan fingerprint density at radius 3 is 2.81 bits per heavy atom. The second-order valence-electron chi connectivity index (χ2n) is 8.23. The van der Waals surface area contributed by atoms with Gasteiger partial charge in [0.2, 0.25) is 5.91 Å². The topological polar surface area (TPSA) is 78.1 Å². The van der Waals surface area contributed by atoms with Crippen LogP contribution in [-0.2, 0) is 9.59 Å². The Balaban J connectivity index is 1.65. The maximum atomic E-state index is 12.9. The van der Waals surface area contributed by atoms with Crippen molar-refractivity contribution in [3.8, 4) is 0 Å². The van der Waals surface area contributed by atoms with Crippen LogP contribution in [-0.4, -0.2) is 46.0 Å². The first-order valence-electron chi connectivity index (χ1n) is 10.9. The molecule has 2 atom stereocenters. The number of nitrogens with one attached hydrogen (secondary N) is 2. The lowest BCUT2D eigenvalue weighted by Gasteiger charge is -2.25. The molecule has 2 N–H and O–H groups in total. The van der Waals surface area contributed by atoms with Gasteiger partial charge in [-0.3, -0.25) is 14.7 Å². The molecule has 2 aromatic rings. The van der Waals surface area contributed by atoms with Gasteiger partial charge in [0.25, 0.3) is 5.91 Å². The highest BCUT2D eigenvalue weighted by atomic mass is 16.2. The lowest BCUT2D eigenvalue weighted by Crippen LogP contribution is -2.38. The fourth-order valence-electron chi connectivity index (χ4n) is 4.19. The molecule has 6 nitrogen and oxygen atoms in total. The summed E-state index contributed by atoms with van der Waals surface area (Å²) in [5.74, 6) is -0.0182. The minimum absolute atomic E-state index is 0.0645. The van der Waals surface area contributed by atoms with Gasteiger partial charge in [0, 0.05) is 36.5 Å². The van der Waals surface area contributed by atoms with Gasteiger partial charge in [0.1, 0.15) is 0 Å². The van der Waals surface area contributed by atoms with E-state index in [2.05, 4.69) is 41.1 Å². The van der Waals surface area contributed by atoms with Crippen LogP contribution in [0.15, 0.2) is 48.7 Å². The summed E-state index contributed by atoms with van der Waals surface area (Å²) in [4.78, 5) is 26.3. The van der Waals surface area contributed by atoms with Crippen molar-refractivity contribution in [2.24, 2.45) is 0 Å². The molecule has 2 amide bonds. The molecule has 0 spiro atoms. The van der Waals surface area contributed by atoms with Crippen LogP contribution >= 0.6 is 0 Å². The van der Waals surface area contributed by atoms with Gasteiger partial charge < -0.3 is 10.2 Å². The third kappa shape index (κ3) is 5.13. The number of carbonyl (C=O) groups excluding carboxylic acids is 2. The Morgan fingerprint density at radius 2 is 2.10 bits per heavy atom. The van der Waals surface area contributed by atoms with E-state index in [1.54, 1.807) is 11.0 Å². The van der Waals surface area contributed by atoms with Gasteiger partial charge in [-0.25, -0.2) is 0 Å². The largest absolute Gasteiger partial charge is 0.353 e. The molecule has 3 rings (SSSR count). The quantitative estimate of drug-likeness (QED) is 0.518. The highest BCUT2D eigenvalue weighted by Crippen LogP contribution is 2.26. The first kappa shape index (κ1) is 22.5. The van der Waals surface area contributed by atoms with E-state index in [1.807, 2.05) is 39.2 Å². The molecule has 164 valence electrons. The summed E-state index contributed by atoms with van der Waals surface area (Å²) in [7, 11) is 1.82. The van der Waals surface area contributed by atoms with Crippen LogP contribution in [0.5, 0.6) is 0 Å². The summed E-state index contributed by atoms with van der Waals surface area (Å²) in [5.41, 5.74) is 4.70. The summed E-state index contributed by atoms with van der Waals surface area (Å²) in [6.07, 6.45) is 10.6. The van der Waals surface area contributed by atoms with Gasteiger partial charge in [-0.15, -0.1) is 0 Å². The lowest BCUT2D eigenvalue weighted by molar-refractivity contribution is -0.127. The summed E-state index contributed by atoms with van der Waals surface area (Å²) in [6.45, 7) is 9.88. The van der Waals surface area contributed by atoms with Gasteiger partial charge in [0.15, 0.2) is 0 Å². The van der Waals surface area contributed by atoms with E-state index in [9.17, 15) is 9.59 Å². The van der Waals surface area contributed by atoms with Gasteiger partial charge in [-0.1, -0.05) is 25.7 Å². The maximum Gasteiger partial charge on any atom is 0.253 e. The van der Waals surface area contributed by atoms with Crippen LogP contribution in [0.4, 0.5) is 0 Å². The minimum atomic E-state index is -0.0827. The molecular formula is C25H32N4O2. The molecule has 1 aromatic heterocycles. The van der Waals surface area contributed by atoms with Crippen molar-refractivity contribution in [3.05, 3.63) is 59.8 Å². The maximum absolute atomic E-state index is 12.9. The molecule has 1 aliphatic rings. The fraction of sp³-hybridized carbons (Fsp3) is 0.400. The minimum Gasteiger partial charge on any atom is -0.353 e. The number of hydrogen-bond acceptors (Lipinski definition) is 3. The van der Waals surface area contributed by atoms with E-state index in [-0.39, 0.29) is 23.9 Å². The molecule has 0 radical (unpaired) electrons. The van der Waals surface area contributed by atoms with Crippen LogP contribution in [0.2, 0.25) is 0 Å². The molecule has 6 heteroatoms. The number of amides is 2. The average molecular weight is 421 g/mol. The zero-order chi connectivity index (χ0) is 22.5. The Bertz CT molecular complexity index is 1050. The van der Waals surface area contributed by atoms with Crippen LogP contribution in [0, 0.1) is 6.92 Å². The van der Waals surface area contributed by atoms with Crippen molar-refractivity contribution in [1.82, 2.24) is 20.4 Å². The molecular weight excluding hydrogens is 388 g/mol. The number of aryl methyl sites for hydroxylation is 1. The second-order valence-corrected chi connectivity index (χ2v) is 8.23. The first-order chi connectivity index (χ1) is 14.8. The van der Waals surface area contributed by atoms with Crippen molar-refractivity contribution in [2.45, 2.75) is 58.5 Å². The van der Waals surface area contributed by atoms with Crippen molar-refractivity contribution in [1.29, 1.82) is 0 Å². The van der Waals surface area contributed by atoms with Crippen molar-refractivity contribution in [2.75, 3.05) is 7.05 Å². The number of likely N-dealkylation sites (N-methyl/N-ethyl adjacent to an activating group) is 1. The summed E-state index contributed by atoms with van der Waals surface area (Å²) >= 11 is 0. The van der Waals surface area contributed by atoms with Gasteiger partial charge in [0.05, 0.1) is 11.7 Å². The van der Waals surface area contributed by atoms with E-state index in [0.29, 0.717) is 12.0 Å². The Hall–Kier alpha value is -3.15. The van der Waals surface area contributed by atoms with Crippen LogP contribution in [0.3, 0.4) is 0 Å². The van der Waals surface area contributed by atoms with Crippen molar-refractivity contribution < 1.29 is 9.59 Å². The number of allylic oxidation sites excluding steroid dienone is 3. The standard InChI is InChI=1S/C25H32N4O2/c1-6-18(19-12-17(4)24-20(13-19)15-26-28-24)9-8-16(3)25(31)29(5)22-11-10-21(14-22)27-23(30)7-2/h6,8-9,12-13,15,21-22H,3,7,10-11,14H2,1-2,4-5H3,(H,26,28)(H,27,30)/b9-8-,18-6+/t21-,22+/m0/s1. The summed E-state index contributed by atoms with van der Waals surface area (Å²) in [5, 5.41) is 11.2. The number of nitrogens with zero attached hydrogens (tertiary/aromatic N) is 2. The zero-order valence-electron chi connectivity index (χ0n) is 18.9. The third-order valence-electron chi connectivity index (χ3n) is 6.09. The number of rotatable bonds is 7. The number of carbonyl (C=O) groups is 2. The smallest absolute Gasteiger partial charge is 0.253 e. The number of benzene rings is 1. The number of aromatic amines is 1. The average Bonchev–Trinajstić information content (AvgIpc) is 3.42. The summed E-state index contributed by atoms with van der Waals surface area (Å²) < 4.78 is 0. The van der Waals surface area contributed by atoms with E-state index in [1.165, 1.54) is 0 Å². The molecule has 1 heterocycles. The molecule has 1 fully saturated rings. The normalized spacial score (nSPS) is 19.2. The van der Waals surface area contributed by atoms with E-state index in [4.69, 9.17) is 0 Å². The predicted octanol–water partition coefficient (Wildman–Crippen LogP) is 4.29. The number of hydrogen-bond donors (Lipinski definition) is 2. The van der Waals surface area contributed by atoms with Crippen molar-refractivity contribution >= 4 is 28.3 Å². The first-order valence-corrected chi connectivity index (χ1v) is 10.9. The van der Waals surface area contributed by atoms with Crippen LogP contribution < -0.4 is 5.32 Å². The zero-order valence-corrected chi connectivity index (χ0v) is 18.9. The lowest BCUT2D eigenvalue weighted by atomic mass is 10.00. The Labute approximate surface area is 184 Å². The molecule has 31 heavy (non-hydrogen) atoms. The molecule has 1 aliphatic carbocycles. The van der Waals surface area contributed by atoms with E-state index in [0.717, 1.165) is 46.9 Å². The number of aromatic nitrogens is 2. The number of fused-ring (bicyclic) bond motifs is 1. The molecule has 0 aliphatic heterocycles. The second kappa shape index (κ2) is 9.77. The van der Waals surface area contributed by atoms with Crippen molar-refractivity contribution in [3.63, 3.8) is 0 Å². The molecule has 0 bridgehead atoms. The highest BCUT2D eigenvalue weighted by Gasteiger charge is 2.30. The molecule has 1 aromatic carbocycles. The highest BCUT2D eigenvalue weighted by molar-refractivity contribution is 5.96. The third-order valence-corrected chi connectivity index (χ3v) is 6.09. The Kier molecular flexibility index (Phi) is 7.10. The Morgan fingerprint density at radius 1 is 1.32 bits per heavy atom. The SMILES string of the molecule is C=C(/C=C\C(=C/C)c1cc(C)c2[nH]ncc2c1)C(=O)N(C)[C@@H]1CC[C@H](NC(=O)CC)C1. The van der Waals surface area contributed by atoms with Gasteiger partial charge >= 0.3 is 0 Å².